The van der Waals surface area contributed by atoms with Crippen molar-refractivity contribution in [3.8, 4) is 0 Å². The number of hydrogen-bond donors (Lipinski definition) is 1. The number of imidazole rings is 1. The van der Waals surface area contributed by atoms with Gasteiger partial charge in [0.2, 0.25) is 20.9 Å². The first-order chi connectivity index (χ1) is 7.58. The number of nitrogens with one attached hydrogen (secondary N) is 1. The molecule has 0 aromatic carbocycles. The molecule has 2 aromatic rings. The Labute approximate surface area is 91.3 Å². The molecule has 0 atom stereocenters. The van der Waals surface area contributed by atoms with E-state index in [9.17, 15) is 12.8 Å². The van der Waals surface area contributed by atoms with Crippen LogP contribution in [-0.4, -0.2) is 23.4 Å². The van der Waals surface area contributed by atoms with Crippen molar-refractivity contribution < 1.29 is 12.8 Å². The third kappa shape index (κ3) is 2.25. The molecular formula is C9H8FN3O2S. The van der Waals surface area contributed by atoms with Gasteiger partial charge in [0, 0.05) is 12.4 Å². The van der Waals surface area contributed by atoms with E-state index >= 15 is 0 Å². The van der Waals surface area contributed by atoms with Gasteiger partial charge in [0.15, 0.2) is 0 Å². The number of aromatic amines is 1. The van der Waals surface area contributed by atoms with Crippen LogP contribution in [0.3, 0.4) is 0 Å². The number of pyridine rings is 1. The van der Waals surface area contributed by atoms with E-state index in [2.05, 4.69) is 15.0 Å². The molecule has 7 heteroatoms. The molecule has 0 amide bonds. The summed E-state index contributed by atoms with van der Waals surface area (Å²) in [5, 5.41) is -0.140. The van der Waals surface area contributed by atoms with Crippen molar-refractivity contribution in [2.45, 2.75) is 10.9 Å². The van der Waals surface area contributed by atoms with Crippen LogP contribution in [0.2, 0.25) is 0 Å². The minimum atomic E-state index is -3.58. The number of sulfone groups is 1. The third-order valence-corrected chi connectivity index (χ3v) is 3.37. The summed E-state index contributed by atoms with van der Waals surface area (Å²) in [4.78, 5) is 9.61. The lowest BCUT2D eigenvalue weighted by Gasteiger charge is -2.00. The molecule has 84 valence electrons. The van der Waals surface area contributed by atoms with Crippen LogP contribution in [0.1, 0.15) is 5.69 Å². The van der Waals surface area contributed by atoms with E-state index in [1.54, 1.807) is 0 Å². The Morgan fingerprint density at radius 3 is 2.81 bits per heavy atom. The van der Waals surface area contributed by atoms with Crippen LogP contribution in [0, 0.1) is 5.95 Å². The molecule has 2 heterocycles. The lowest BCUT2D eigenvalue weighted by molar-refractivity contribution is 0.573. The molecule has 1 N–H and O–H groups in total. The van der Waals surface area contributed by atoms with Crippen molar-refractivity contribution in [1.82, 2.24) is 15.0 Å². The molecule has 0 fully saturated rings. The first-order valence-electron chi connectivity index (χ1n) is 4.41. The zero-order valence-electron chi connectivity index (χ0n) is 8.09. The zero-order chi connectivity index (χ0) is 11.6. The molecule has 2 aromatic heterocycles. The van der Waals surface area contributed by atoms with Crippen LogP contribution in [0.5, 0.6) is 0 Å². The number of halogens is 1. The summed E-state index contributed by atoms with van der Waals surface area (Å²) in [7, 11) is -3.58. The molecule has 0 bridgehead atoms. The van der Waals surface area contributed by atoms with E-state index in [0.29, 0.717) is 0 Å². The zero-order valence-corrected chi connectivity index (χ0v) is 8.91. The minimum Gasteiger partial charge on any atom is -0.336 e. The fourth-order valence-electron chi connectivity index (χ4n) is 1.21. The van der Waals surface area contributed by atoms with E-state index in [4.69, 9.17) is 0 Å². The van der Waals surface area contributed by atoms with Gasteiger partial charge in [-0.25, -0.2) is 18.4 Å². The van der Waals surface area contributed by atoms with E-state index in [1.807, 2.05) is 0 Å². The van der Waals surface area contributed by atoms with Crippen molar-refractivity contribution in [2.75, 3.05) is 0 Å². The SMILES string of the molecule is O=S(=O)(Cc1cccc(F)n1)c1ncc[nH]1. The summed E-state index contributed by atoms with van der Waals surface area (Å²) < 4.78 is 36.2. The van der Waals surface area contributed by atoms with Gasteiger partial charge in [0.05, 0.1) is 5.69 Å². The fraction of sp³-hybridized carbons (Fsp3) is 0.111. The normalized spacial score (nSPS) is 11.6. The topological polar surface area (TPSA) is 75.7 Å². The van der Waals surface area contributed by atoms with E-state index < -0.39 is 15.8 Å². The van der Waals surface area contributed by atoms with Crippen LogP contribution in [-0.2, 0) is 15.6 Å². The van der Waals surface area contributed by atoms with Gasteiger partial charge in [-0.2, -0.15) is 4.39 Å². The monoisotopic (exact) mass is 241 g/mol. The van der Waals surface area contributed by atoms with Crippen LogP contribution < -0.4 is 0 Å². The lowest BCUT2D eigenvalue weighted by atomic mass is 10.4. The predicted octanol–water partition coefficient (Wildman–Crippen LogP) is 0.918. The maximum absolute atomic E-state index is 12.8. The van der Waals surface area contributed by atoms with Gasteiger partial charge >= 0.3 is 0 Å². The van der Waals surface area contributed by atoms with Gasteiger partial charge in [-0.3, -0.25) is 0 Å². The van der Waals surface area contributed by atoms with E-state index in [1.165, 1.54) is 24.5 Å². The second-order valence-corrected chi connectivity index (χ2v) is 5.01. The molecule has 0 spiro atoms. The Bertz CT molecular complexity index is 581. The average Bonchev–Trinajstić information content (AvgIpc) is 2.69. The summed E-state index contributed by atoms with van der Waals surface area (Å²) in [6.07, 6.45) is 2.75. The van der Waals surface area contributed by atoms with Crippen molar-refractivity contribution in [2.24, 2.45) is 0 Å². The first kappa shape index (κ1) is 10.7. The maximum Gasteiger partial charge on any atom is 0.225 e. The molecule has 5 nitrogen and oxygen atoms in total. The Balaban J connectivity index is 2.29. The highest BCUT2D eigenvalue weighted by molar-refractivity contribution is 7.90. The molecule has 0 saturated carbocycles. The largest absolute Gasteiger partial charge is 0.336 e. The quantitative estimate of drug-likeness (QED) is 0.811. The highest BCUT2D eigenvalue weighted by Crippen LogP contribution is 2.10. The van der Waals surface area contributed by atoms with E-state index in [0.717, 1.165) is 6.07 Å². The minimum absolute atomic E-state index is 0.140. The number of rotatable bonds is 3. The molecule has 16 heavy (non-hydrogen) atoms. The van der Waals surface area contributed by atoms with Gasteiger partial charge < -0.3 is 4.98 Å². The highest BCUT2D eigenvalue weighted by atomic mass is 32.2. The van der Waals surface area contributed by atoms with Crippen LogP contribution in [0.25, 0.3) is 0 Å². The molecule has 0 radical (unpaired) electrons. The average molecular weight is 241 g/mol. The molecular weight excluding hydrogens is 233 g/mol. The molecule has 0 unspecified atom stereocenters. The van der Waals surface area contributed by atoms with Gasteiger partial charge in [0.25, 0.3) is 0 Å². The van der Waals surface area contributed by atoms with Gasteiger partial charge in [-0.1, -0.05) is 6.07 Å². The molecule has 0 aliphatic heterocycles. The fourth-order valence-corrected chi connectivity index (χ4v) is 2.37. The van der Waals surface area contributed by atoms with Gasteiger partial charge in [0.1, 0.15) is 5.75 Å². The van der Waals surface area contributed by atoms with Crippen LogP contribution >= 0.6 is 0 Å². The molecule has 0 aliphatic carbocycles. The Kier molecular flexibility index (Phi) is 2.69. The summed E-state index contributed by atoms with van der Waals surface area (Å²) in [5.74, 6) is -1.08. The number of H-pyrrole nitrogens is 1. The van der Waals surface area contributed by atoms with Crippen molar-refractivity contribution in [1.29, 1.82) is 0 Å². The Morgan fingerprint density at radius 2 is 2.19 bits per heavy atom. The standard InChI is InChI=1S/C9H8FN3O2S/c10-8-3-1-2-7(13-8)6-16(14,15)9-11-4-5-12-9/h1-5H,6H2,(H,11,12). The van der Waals surface area contributed by atoms with Crippen LogP contribution in [0.15, 0.2) is 35.7 Å². The lowest BCUT2D eigenvalue weighted by Crippen LogP contribution is -2.08. The van der Waals surface area contributed by atoms with Gasteiger partial charge in [-0.05, 0) is 12.1 Å². The summed E-state index contributed by atoms with van der Waals surface area (Å²) in [6, 6.07) is 4.02. The Hall–Kier alpha value is -1.76. The first-order valence-corrected chi connectivity index (χ1v) is 6.07. The number of hydrogen-bond acceptors (Lipinski definition) is 4. The smallest absolute Gasteiger partial charge is 0.225 e. The second kappa shape index (κ2) is 4.01. The van der Waals surface area contributed by atoms with Crippen molar-refractivity contribution in [3.05, 3.63) is 42.2 Å². The summed E-state index contributed by atoms with van der Waals surface area (Å²) in [6.45, 7) is 0. The molecule has 0 saturated heterocycles. The number of aromatic nitrogens is 3. The molecule has 0 aliphatic rings. The summed E-state index contributed by atoms with van der Waals surface area (Å²) >= 11 is 0. The highest BCUT2D eigenvalue weighted by Gasteiger charge is 2.18. The van der Waals surface area contributed by atoms with Crippen molar-refractivity contribution in [3.63, 3.8) is 0 Å². The maximum atomic E-state index is 12.8. The van der Waals surface area contributed by atoms with Gasteiger partial charge in [-0.15, -0.1) is 0 Å². The van der Waals surface area contributed by atoms with Crippen LogP contribution in [0.4, 0.5) is 4.39 Å². The molecule has 2 rings (SSSR count). The van der Waals surface area contributed by atoms with Crippen molar-refractivity contribution >= 4 is 9.84 Å². The number of nitrogens with zero attached hydrogens (tertiary/aromatic N) is 2. The third-order valence-electron chi connectivity index (χ3n) is 1.88. The Morgan fingerprint density at radius 1 is 1.38 bits per heavy atom. The summed E-state index contributed by atoms with van der Waals surface area (Å²) in [5.41, 5.74) is 0.149. The predicted molar refractivity (Wildman–Crippen MR) is 53.7 cm³/mol. The van der Waals surface area contributed by atoms with E-state index in [-0.39, 0.29) is 16.6 Å². The second-order valence-electron chi connectivity index (χ2n) is 3.11.